The number of halogens is 3. The summed E-state index contributed by atoms with van der Waals surface area (Å²) in [6.45, 7) is 1.83. The van der Waals surface area contributed by atoms with Crippen LogP contribution >= 0.6 is 23.2 Å². The van der Waals surface area contributed by atoms with Gasteiger partial charge in [-0.25, -0.2) is 12.8 Å². The summed E-state index contributed by atoms with van der Waals surface area (Å²) in [4.78, 5) is 15.0. The largest absolute Gasteiger partial charge is 0.481 e. The first-order valence-electron chi connectivity index (χ1n) is 11.1. The van der Waals surface area contributed by atoms with E-state index in [0.717, 1.165) is 16.7 Å². The second-order valence-electron chi connectivity index (χ2n) is 8.56. The zero-order chi connectivity index (χ0) is 25.2. The van der Waals surface area contributed by atoms with Crippen LogP contribution in [0, 0.1) is 5.82 Å². The highest BCUT2D eigenvalue weighted by Crippen LogP contribution is 2.31. The van der Waals surface area contributed by atoms with Gasteiger partial charge >= 0.3 is 0 Å². The zero-order valence-corrected chi connectivity index (χ0v) is 21.3. The molecule has 0 spiro atoms. The van der Waals surface area contributed by atoms with Gasteiger partial charge in [-0.15, -0.1) is 0 Å². The van der Waals surface area contributed by atoms with Crippen LogP contribution in [-0.2, 0) is 21.2 Å². The average molecular weight is 536 g/mol. The van der Waals surface area contributed by atoms with E-state index < -0.39 is 27.8 Å². The summed E-state index contributed by atoms with van der Waals surface area (Å²) >= 11 is 12.3. The molecule has 9 heteroatoms. The lowest BCUT2D eigenvalue weighted by Gasteiger charge is -2.31. The Morgan fingerprint density at radius 2 is 1.77 bits per heavy atom. The maximum Gasteiger partial charge on any atom is 0.263 e. The summed E-state index contributed by atoms with van der Waals surface area (Å²) in [6.07, 6.45) is -0.508. The quantitative estimate of drug-likeness (QED) is 0.384. The molecule has 0 aliphatic carbocycles. The van der Waals surface area contributed by atoms with Gasteiger partial charge in [0, 0.05) is 28.2 Å². The van der Waals surface area contributed by atoms with Gasteiger partial charge in [0.1, 0.15) is 11.6 Å². The summed E-state index contributed by atoms with van der Waals surface area (Å²) in [5.41, 5.74) is 2.56. The number of benzene rings is 3. The van der Waals surface area contributed by atoms with Gasteiger partial charge in [0.15, 0.2) is 15.9 Å². The fourth-order valence-electron chi connectivity index (χ4n) is 4.12. The Labute approximate surface area is 214 Å². The Morgan fingerprint density at radius 3 is 2.37 bits per heavy atom. The fourth-order valence-corrected chi connectivity index (χ4v) is 6.37. The van der Waals surface area contributed by atoms with Gasteiger partial charge in [0.2, 0.25) is 0 Å². The SMILES string of the molecule is CC(Oc1ccc(F)cc1)C(=O)N(Cc1ccc(-c2ccc(Cl)cc2Cl)cc1)C1CCS(=O)(=O)C1. The van der Waals surface area contributed by atoms with Crippen LogP contribution in [0.1, 0.15) is 18.9 Å². The Hall–Kier alpha value is -2.61. The molecule has 3 aromatic carbocycles. The maximum absolute atomic E-state index is 13.4. The minimum absolute atomic E-state index is 0.0443. The lowest BCUT2D eigenvalue weighted by atomic mass is 10.0. The third-order valence-corrected chi connectivity index (χ3v) is 8.25. The molecule has 0 bridgehead atoms. The van der Waals surface area contributed by atoms with Crippen molar-refractivity contribution in [2.24, 2.45) is 0 Å². The summed E-state index contributed by atoms with van der Waals surface area (Å²) in [5.74, 6) is -0.419. The highest BCUT2D eigenvalue weighted by Gasteiger charge is 2.36. The van der Waals surface area contributed by atoms with Crippen LogP contribution in [0.4, 0.5) is 4.39 Å². The molecule has 184 valence electrons. The van der Waals surface area contributed by atoms with Crippen molar-refractivity contribution in [3.63, 3.8) is 0 Å². The minimum atomic E-state index is -3.21. The Kier molecular flexibility index (Phi) is 7.69. The molecule has 3 aromatic rings. The van der Waals surface area contributed by atoms with Crippen LogP contribution in [0.5, 0.6) is 5.75 Å². The molecule has 0 aromatic heterocycles. The number of hydrogen-bond donors (Lipinski definition) is 0. The molecule has 1 amide bonds. The van der Waals surface area contributed by atoms with Crippen molar-refractivity contribution in [2.75, 3.05) is 11.5 Å². The summed E-state index contributed by atoms with van der Waals surface area (Å²) in [6, 6.07) is 17.8. The number of rotatable bonds is 7. The summed E-state index contributed by atoms with van der Waals surface area (Å²) in [7, 11) is -3.21. The van der Waals surface area contributed by atoms with E-state index in [-0.39, 0.29) is 24.0 Å². The molecular weight excluding hydrogens is 512 g/mol. The maximum atomic E-state index is 13.4. The van der Waals surface area contributed by atoms with Crippen LogP contribution in [0.15, 0.2) is 66.7 Å². The van der Waals surface area contributed by atoms with E-state index in [2.05, 4.69) is 0 Å². The molecule has 0 radical (unpaired) electrons. The van der Waals surface area contributed by atoms with Crippen molar-refractivity contribution in [3.05, 3.63) is 88.2 Å². The molecule has 1 aliphatic rings. The Balaban J connectivity index is 1.54. The average Bonchev–Trinajstić information content (AvgIpc) is 3.18. The Morgan fingerprint density at radius 1 is 1.09 bits per heavy atom. The predicted octanol–water partition coefficient (Wildman–Crippen LogP) is 5.78. The highest BCUT2D eigenvalue weighted by atomic mass is 35.5. The van der Waals surface area contributed by atoms with Crippen LogP contribution in [0.2, 0.25) is 10.0 Å². The number of sulfone groups is 1. The first-order chi connectivity index (χ1) is 16.6. The second kappa shape index (κ2) is 10.6. The fraction of sp³-hybridized carbons (Fsp3) is 0.269. The molecule has 4 rings (SSSR count). The van der Waals surface area contributed by atoms with E-state index in [0.29, 0.717) is 22.2 Å². The first kappa shape index (κ1) is 25.5. The third-order valence-electron chi connectivity index (χ3n) is 5.96. The lowest BCUT2D eigenvalue weighted by Crippen LogP contribution is -2.46. The van der Waals surface area contributed by atoms with Gasteiger partial charge in [-0.1, -0.05) is 53.5 Å². The van der Waals surface area contributed by atoms with E-state index in [1.807, 2.05) is 30.3 Å². The number of carbonyl (C=O) groups excluding carboxylic acids is 1. The monoisotopic (exact) mass is 535 g/mol. The van der Waals surface area contributed by atoms with E-state index in [1.54, 1.807) is 24.0 Å². The molecule has 35 heavy (non-hydrogen) atoms. The van der Waals surface area contributed by atoms with E-state index >= 15 is 0 Å². The van der Waals surface area contributed by atoms with Crippen LogP contribution in [-0.4, -0.2) is 42.9 Å². The smallest absolute Gasteiger partial charge is 0.263 e. The van der Waals surface area contributed by atoms with Crippen molar-refractivity contribution in [1.29, 1.82) is 0 Å². The standard InChI is InChI=1S/C26H24Cl2FNO4S/c1-17(34-23-9-7-21(29)8-10-23)26(31)30(22-12-13-35(32,33)16-22)15-18-2-4-19(5-3-18)24-11-6-20(27)14-25(24)28/h2-11,14,17,22H,12-13,15-16H2,1H3. The summed E-state index contributed by atoms with van der Waals surface area (Å²) < 4.78 is 43.2. The van der Waals surface area contributed by atoms with E-state index in [9.17, 15) is 17.6 Å². The van der Waals surface area contributed by atoms with Crippen LogP contribution in [0.25, 0.3) is 11.1 Å². The van der Waals surface area contributed by atoms with Crippen molar-refractivity contribution >= 4 is 38.9 Å². The van der Waals surface area contributed by atoms with Crippen molar-refractivity contribution in [3.8, 4) is 16.9 Å². The molecule has 1 aliphatic heterocycles. The van der Waals surface area contributed by atoms with Gasteiger partial charge in [0.05, 0.1) is 11.5 Å². The van der Waals surface area contributed by atoms with Crippen LogP contribution < -0.4 is 4.74 Å². The molecule has 0 N–H and O–H groups in total. The molecule has 2 atom stereocenters. The molecule has 5 nitrogen and oxygen atoms in total. The van der Waals surface area contributed by atoms with Crippen molar-refractivity contribution in [2.45, 2.75) is 32.0 Å². The van der Waals surface area contributed by atoms with Gasteiger partial charge in [-0.3, -0.25) is 4.79 Å². The van der Waals surface area contributed by atoms with Gasteiger partial charge in [-0.05, 0) is 60.9 Å². The lowest BCUT2D eigenvalue weighted by molar-refractivity contribution is -0.140. The minimum Gasteiger partial charge on any atom is -0.481 e. The molecule has 1 heterocycles. The van der Waals surface area contributed by atoms with Gasteiger partial charge < -0.3 is 9.64 Å². The number of hydrogen-bond acceptors (Lipinski definition) is 4. The number of ether oxygens (including phenoxy) is 1. The molecule has 1 saturated heterocycles. The number of nitrogens with zero attached hydrogens (tertiary/aromatic N) is 1. The summed E-state index contributed by atoms with van der Waals surface area (Å²) in [5, 5.41) is 1.08. The zero-order valence-electron chi connectivity index (χ0n) is 19.0. The Bertz CT molecular complexity index is 1310. The first-order valence-corrected chi connectivity index (χ1v) is 13.7. The van der Waals surface area contributed by atoms with E-state index in [1.165, 1.54) is 24.3 Å². The van der Waals surface area contributed by atoms with Crippen molar-refractivity contribution < 1.29 is 22.3 Å². The van der Waals surface area contributed by atoms with Crippen LogP contribution in [0.3, 0.4) is 0 Å². The third kappa shape index (κ3) is 6.34. The second-order valence-corrected chi connectivity index (χ2v) is 11.6. The molecule has 1 fully saturated rings. The number of carbonyl (C=O) groups is 1. The predicted molar refractivity (Wildman–Crippen MR) is 136 cm³/mol. The normalized spacial score (nSPS) is 17.7. The molecule has 2 unspecified atom stereocenters. The molecular formula is C26H24Cl2FNO4S. The highest BCUT2D eigenvalue weighted by molar-refractivity contribution is 7.91. The number of amides is 1. The van der Waals surface area contributed by atoms with Crippen molar-refractivity contribution in [1.82, 2.24) is 4.90 Å². The van der Waals surface area contributed by atoms with Gasteiger partial charge in [-0.2, -0.15) is 0 Å². The topological polar surface area (TPSA) is 63.7 Å². The van der Waals surface area contributed by atoms with E-state index in [4.69, 9.17) is 27.9 Å². The molecule has 0 saturated carbocycles. The van der Waals surface area contributed by atoms with Gasteiger partial charge in [0.25, 0.3) is 5.91 Å².